The van der Waals surface area contributed by atoms with Crippen LogP contribution in [0, 0.1) is 0 Å². The van der Waals surface area contributed by atoms with Crippen molar-refractivity contribution in [3.63, 3.8) is 0 Å². The molecule has 1 N–H and O–H groups in total. The Bertz CT molecular complexity index is 709. The third-order valence-electron chi connectivity index (χ3n) is 2.73. The third-order valence-corrected chi connectivity index (χ3v) is 4.15. The van der Waals surface area contributed by atoms with Crippen LogP contribution in [0.3, 0.4) is 0 Å². The van der Waals surface area contributed by atoms with Crippen LogP contribution >= 0.6 is 34.5 Å². The molecule has 7 heteroatoms. The molecule has 3 aromatic rings. The van der Waals surface area contributed by atoms with Gasteiger partial charge in [0.25, 0.3) is 0 Å². The molecule has 0 aliphatic carbocycles. The van der Waals surface area contributed by atoms with Gasteiger partial charge in [0.05, 0.1) is 29.3 Å². The van der Waals surface area contributed by atoms with Crippen molar-refractivity contribution in [1.82, 2.24) is 14.5 Å². The van der Waals surface area contributed by atoms with E-state index in [4.69, 9.17) is 23.2 Å². The van der Waals surface area contributed by atoms with Gasteiger partial charge in [0.15, 0.2) is 4.47 Å². The summed E-state index contributed by atoms with van der Waals surface area (Å²) < 4.78 is 2.42. The van der Waals surface area contributed by atoms with Gasteiger partial charge in [-0.1, -0.05) is 29.3 Å². The quantitative estimate of drug-likeness (QED) is 0.780. The minimum Gasteiger partial charge on any atom is -0.378 e. The van der Waals surface area contributed by atoms with Gasteiger partial charge in [-0.15, -0.1) is 11.3 Å². The fraction of sp³-hybridized carbons (Fsp3) is 0.0769. The second-order valence-corrected chi connectivity index (χ2v) is 6.14. The molecule has 0 unspecified atom stereocenters. The zero-order valence-corrected chi connectivity index (χ0v) is 12.6. The molecule has 2 aromatic heterocycles. The summed E-state index contributed by atoms with van der Waals surface area (Å²) in [6, 6.07) is 5.74. The smallest absolute Gasteiger partial charge is 0.183 e. The summed E-state index contributed by atoms with van der Waals surface area (Å²) in [5, 5.41) is 4.01. The molecule has 0 amide bonds. The van der Waals surface area contributed by atoms with E-state index < -0.39 is 0 Å². The Morgan fingerprint density at radius 2 is 2.20 bits per heavy atom. The first kappa shape index (κ1) is 13.4. The van der Waals surface area contributed by atoms with Crippen LogP contribution in [0.5, 0.6) is 0 Å². The number of benzene rings is 1. The van der Waals surface area contributed by atoms with Crippen molar-refractivity contribution in [2.45, 2.75) is 6.54 Å². The lowest BCUT2D eigenvalue weighted by Gasteiger charge is -2.13. The third kappa shape index (κ3) is 2.80. The molecule has 4 nitrogen and oxygen atoms in total. The van der Waals surface area contributed by atoms with Gasteiger partial charge in [0, 0.05) is 23.5 Å². The average Bonchev–Trinajstić information content (AvgIpc) is 3.08. The van der Waals surface area contributed by atoms with Crippen molar-refractivity contribution in [2.24, 2.45) is 0 Å². The highest BCUT2D eigenvalue weighted by molar-refractivity contribution is 7.15. The number of nitrogens with zero attached hydrogens (tertiary/aromatic N) is 3. The van der Waals surface area contributed by atoms with Crippen molar-refractivity contribution in [1.29, 1.82) is 0 Å². The van der Waals surface area contributed by atoms with Crippen molar-refractivity contribution in [3.8, 4) is 5.69 Å². The van der Waals surface area contributed by atoms with Crippen LogP contribution in [0.15, 0.2) is 43.1 Å². The van der Waals surface area contributed by atoms with Gasteiger partial charge in [-0.05, 0) is 12.1 Å². The number of halogens is 2. The Balaban J connectivity index is 1.88. The van der Waals surface area contributed by atoms with Crippen LogP contribution in [-0.4, -0.2) is 14.5 Å². The van der Waals surface area contributed by atoms with E-state index in [-0.39, 0.29) is 0 Å². The lowest BCUT2D eigenvalue weighted by atomic mass is 10.2. The molecule has 0 atom stereocenters. The Morgan fingerprint density at radius 3 is 2.90 bits per heavy atom. The Labute approximate surface area is 130 Å². The molecule has 1 aromatic carbocycles. The number of nitrogens with one attached hydrogen (secondary N) is 1. The van der Waals surface area contributed by atoms with Crippen LogP contribution in [0.2, 0.25) is 9.49 Å². The van der Waals surface area contributed by atoms with Crippen LogP contribution in [0.4, 0.5) is 5.69 Å². The molecule has 0 aliphatic heterocycles. The van der Waals surface area contributed by atoms with Crippen LogP contribution in [-0.2, 0) is 6.54 Å². The highest BCUT2D eigenvalue weighted by Crippen LogP contribution is 2.29. The Morgan fingerprint density at radius 1 is 1.30 bits per heavy atom. The van der Waals surface area contributed by atoms with Crippen molar-refractivity contribution in [3.05, 3.63) is 57.5 Å². The molecule has 20 heavy (non-hydrogen) atoms. The summed E-state index contributed by atoms with van der Waals surface area (Å²) >= 11 is 13.6. The van der Waals surface area contributed by atoms with E-state index in [0.717, 1.165) is 16.3 Å². The summed E-state index contributed by atoms with van der Waals surface area (Å²) in [6.45, 7) is 0.645. The van der Waals surface area contributed by atoms with Crippen LogP contribution < -0.4 is 5.32 Å². The molecule has 0 aliphatic rings. The number of hydrogen-bond donors (Lipinski definition) is 1. The molecular formula is C13H10Cl2N4S. The van der Waals surface area contributed by atoms with Gasteiger partial charge in [0.2, 0.25) is 0 Å². The summed E-state index contributed by atoms with van der Waals surface area (Å²) in [5.41, 5.74) is 1.81. The van der Waals surface area contributed by atoms with Crippen molar-refractivity contribution < 1.29 is 0 Å². The Hall–Kier alpha value is -1.56. The molecule has 102 valence electrons. The standard InChI is InChI=1S/C13H10Cl2N4S/c14-10-2-1-3-11(12(10)19-5-4-16-8-19)17-6-9-7-18-13(15)20-9/h1-5,7-8,17H,6H2. The molecule has 0 spiro atoms. The minimum absolute atomic E-state index is 0.544. The lowest BCUT2D eigenvalue weighted by Crippen LogP contribution is -2.03. The fourth-order valence-electron chi connectivity index (χ4n) is 1.86. The minimum atomic E-state index is 0.544. The molecule has 0 radical (unpaired) electrons. The SMILES string of the molecule is Clc1ncc(CNc2cccc(Cl)c2-n2ccnc2)s1. The van der Waals surface area contributed by atoms with Gasteiger partial charge in [-0.2, -0.15) is 0 Å². The predicted octanol–water partition coefficient (Wildman–Crippen LogP) is 4.25. The average molecular weight is 325 g/mol. The zero-order valence-electron chi connectivity index (χ0n) is 10.3. The second-order valence-electron chi connectivity index (χ2n) is 4.04. The number of hydrogen-bond acceptors (Lipinski definition) is 4. The molecule has 3 rings (SSSR count). The van der Waals surface area contributed by atoms with Crippen molar-refractivity contribution >= 4 is 40.2 Å². The first-order valence-electron chi connectivity index (χ1n) is 5.85. The highest BCUT2D eigenvalue weighted by atomic mass is 35.5. The number of aromatic nitrogens is 3. The van der Waals surface area contributed by atoms with E-state index in [1.54, 1.807) is 18.7 Å². The predicted molar refractivity (Wildman–Crippen MR) is 83.0 cm³/mol. The second kappa shape index (κ2) is 5.83. The molecular weight excluding hydrogens is 315 g/mol. The van der Waals surface area contributed by atoms with Gasteiger partial charge in [-0.3, -0.25) is 0 Å². The highest BCUT2D eigenvalue weighted by Gasteiger charge is 2.09. The molecule has 0 fully saturated rings. The fourth-order valence-corrected chi connectivity index (χ4v) is 3.05. The summed E-state index contributed by atoms with van der Waals surface area (Å²) in [5.74, 6) is 0. The Kier molecular flexibility index (Phi) is 3.91. The monoisotopic (exact) mass is 324 g/mol. The van der Waals surface area contributed by atoms with Gasteiger partial charge in [-0.25, -0.2) is 9.97 Å². The number of rotatable bonds is 4. The van der Waals surface area contributed by atoms with E-state index in [1.165, 1.54) is 11.3 Å². The summed E-state index contributed by atoms with van der Waals surface area (Å²) in [4.78, 5) is 9.14. The first-order chi connectivity index (χ1) is 9.74. The summed E-state index contributed by atoms with van der Waals surface area (Å²) in [6.07, 6.45) is 7.06. The van der Waals surface area contributed by atoms with E-state index in [1.807, 2.05) is 29.0 Å². The number of para-hydroxylation sites is 1. The first-order valence-corrected chi connectivity index (χ1v) is 7.42. The topological polar surface area (TPSA) is 42.7 Å². The maximum Gasteiger partial charge on any atom is 0.183 e. The van der Waals surface area contributed by atoms with Crippen LogP contribution in [0.25, 0.3) is 5.69 Å². The molecule has 2 heterocycles. The van der Waals surface area contributed by atoms with E-state index in [0.29, 0.717) is 16.0 Å². The molecule has 0 saturated heterocycles. The van der Waals surface area contributed by atoms with Crippen LogP contribution in [0.1, 0.15) is 4.88 Å². The number of imidazole rings is 1. The van der Waals surface area contributed by atoms with E-state index >= 15 is 0 Å². The summed E-state index contributed by atoms with van der Waals surface area (Å²) in [7, 11) is 0. The van der Waals surface area contributed by atoms with Gasteiger partial charge >= 0.3 is 0 Å². The normalized spacial score (nSPS) is 10.7. The molecule has 0 bridgehead atoms. The number of anilines is 1. The van der Waals surface area contributed by atoms with Gasteiger partial charge < -0.3 is 9.88 Å². The molecule has 0 saturated carbocycles. The van der Waals surface area contributed by atoms with Crippen molar-refractivity contribution in [2.75, 3.05) is 5.32 Å². The van der Waals surface area contributed by atoms with E-state index in [2.05, 4.69) is 15.3 Å². The zero-order chi connectivity index (χ0) is 13.9. The van der Waals surface area contributed by atoms with Gasteiger partial charge in [0.1, 0.15) is 0 Å². The largest absolute Gasteiger partial charge is 0.378 e. The maximum atomic E-state index is 6.29. The lowest BCUT2D eigenvalue weighted by molar-refractivity contribution is 1.05. The maximum absolute atomic E-state index is 6.29. The van der Waals surface area contributed by atoms with E-state index in [9.17, 15) is 0 Å². The number of thiazole rings is 1.